The van der Waals surface area contributed by atoms with Gasteiger partial charge in [-0.1, -0.05) is 18.6 Å². The lowest BCUT2D eigenvalue weighted by atomic mass is 9.85. The van der Waals surface area contributed by atoms with Gasteiger partial charge < -0.3 is 5.32 Å². The molecule has 0 aliphatic heterocycles. The second-order valence-electron chi connectivity index (χ2n) is 4.96. The molecule has 18 heavy (non-hydrogen) atoms. The minimum atomic E-state index is -3.37. The van der Waals surface area contributed by atoms with Crippen LogP contribution in [-0.2, 0) is 10.0 Å². The molecule has 0 atom stereocenters. The Kier molecular flexibility index (Phi) is 3.92. The number of para-hydroxylation sites is 1. The number of anilines is 1. The molecule has 1 aromatic rings. The van der Waals surface area contributed by atoms with Gasteiger partial charge in [-0.05, 0) is 30.9 Å². The van der Waals surface area contributed by atoms with Gasteiger partial charge in [0.05, 0.1) is 5.69 Å². The fourth-order valence-corrected chi connectivity index (χ4v) is 3.05. The highest BCUT2D eigenvalue weighted by Crippen LogP contribution is 2.28. The van der Waals surface area contributed by atoms with E-state index in [-0.39, 0.29) is 0 Å². The molecular formula is C13H20N2O2S. The molecule has 0 spiro atoms. The molecule has 1 aromatic carbocycles. The molecule has 0 radical (unpaired) electrons. The van der Waals surface area contributed by atoms with Crippen molar-refractivity contribution < 1.29 is 8.42 Å². The van der Waals surface area contributed by atoms with Gasteiger partial charge in [0.25, 0.3) is 0 Å². The standard InChI is InChI=1S/C13H20N2O2S/c1-15(2)18(16,17)13-9-4-3-8-12(13)14-10-11-6-5-7-11/h3-4,8-9,11,14H,5-7,10H2,1-2H3. The van der Waals surface area contributed by atoms with Crippen LogP contribution in [0.25, 0.3) is 0 Å². The van der Waals surface area contributed by atoms with Crippen LogP contribution in [0.3, 0.4) is 0 Å². The third-order valence-corrected chi connectivity index (χ3v) is 5.32. The van der Waals surface area contributed by atoms with E-state index in [0.717, 1.165) is 6.54 Å². The average Bonchev–Trinajstić information content (AvgIpc) is 2.27. The van der Waals surface area contributed by atoms with Gasteiger partial charge in [0.1, 0.15) is 4.90 Å². The zero-order valence-corrected chi connectivity index (χ0v) is 11.7. The van der Waals surface area contributed by atoms with Crippen molar-refractivity contribution in [3.05, 3.63) is 24.3 Å². The van der Waals surface area contributed by atoms with E-state index in [2.05, 4.69) is 5.32 Å². The predicted octanol–water partition coefficient (Wildman–Crippen LogP) is 2.15. The van der Waals surface area contributed by atoms with Gasteiger partial charge >= 0.3 is 0 Å². The van der Waals surface area contributed by atoms with E-state index in [1.165, 1.54) is 23.6 Å². The summed E-state index contributed by atoms with van der Waals surface area (Å²) in [7, 11) is -0.266. The molecule has 5 heteroatoms. The molecule has 0 unspecified atom stereocenters. The minimum Gasteiger partial charge on any atom is -0.384 e. The number of benzene rings is 1. The first kappa shape index (κ1) is 13.4. The average molecular weight is 268 g/mol. The SMILES string of the molecule is CN(C)S(=O)(=O)c1ccccc1NCC1CCC1. The summed E-state index contributed by atoms with van der Waals surface area (Å²) in [5.74, 6) is 0.695. The van der Waals surface area contributed by atoms with Gasteiger partial charge in [-0.2, -0.15) is 0 Å². The van der Waals surface area contributed by atoms with Crippen LogP contribution in [-0.4, -0.2) is 33.4 Å². The molecule has 0 bridgehead atoms. The number of hydrogen-bond acceptors (Lipinski definition) is 3. The minimum absolute atomic E-state index is 0.356. The van der Waals surface area contributed by atoms with Crippen molar-refractivity contribution in [2.45, 2.75) is 24.2 Å². The van der Waals surface area contributed by atoms with Crippen molar-refractivity contribution in [1.29, 1.82) is 0 Å². The lowest BCUT2D eigenvalue weighted by molar-refractivity contribution is 0.333. The van der Waals surface area contributed by atoms with Crippen LogP contribution in [0.5, 0.6) is 0 Å². The maximum Gasteiger partial charge on any atom is 0.244 e. The lowest BCUT2D eigenvalue weighted by Crippen LogP contribution is -2.25. The molecule has 0 aromatic heterocycles. The van der Waals surface area contributed by atoms with E-state index >= 15 is 0 Å². The monoisotopic (exact) mass is 268 g/mol. The van der Waals surface area contributed by atoms with Crippen LogP contribution in [0.4, 0.5) is 5.69 Å². The Balaban J connectivity index is 2.19. The number of rotatable bonds is 5. The van der Waals surface area contributed by atoms with Gasteiger partial charge in [0.15, 0.2) is 0 Å². The lowest BCUT2D eigenvalue weighted by Gasteiger charge is -2.26. The first-order chi connectivity index (χ1) is 8.51. The van der Waals surface area contributed by atoms with E-state index in [4.69, 9.17) is 0 Å². The van der Waals surface area contributed by atoms with E-state index in [1.54, 1.807) is 26.2 Å². The number of hydrogen-bond donors (Lipinski definition) is 1. The van der Waals surface area contributed by atoms with Gasteiger partial charge in [-0.3, -0.25) is 0 Å². The summed E-state index contributed by atoms with van der Waals surface area (Å²) in [5.41, 5.74) is 0.707. The maximum atomic E-state index is 12.2. The van der Waals surface area contributed by atoms with Crippen molar-refractivity contribution in [3.63, 3.8) is 0 Å². The highest BCUT2D eigenvalue weighted by atomic mass is 32.2. The maximum absolute atomic E-state index is 12.2. The Hall–Kier alpha value is -1.07. The number of nitrogens with zero attached hydrogens (tertiary/aromatic N) is 1. The quantitative estimate of drug-likeness (QED) is 0.890. The highest BCUT2D eigenvalue weighted by molar-refractivity contribution is 7.89. The molecule has 4 nitrogen and oxygen atoms in total. The summed E-state index contributed by atoms with van der Waals surface area (Å²) in [6.07, 6.45) is 3.79. The normalized spacial score (nSPS) is 16.6. The van der Waals surface area contributed by atoms with Gasteiger partial charge in [0.2, 0.25) is 10.0 Å². The molecule has 1 aliphatic carbocycles. The molecule has 1 N–H and O–H groups in total. The van der Waals surface area contributed by atoms with E-state index in [0.29, 0.717) is 16.5 Å². The van der Waals surface area contributed by atoms with E-state index < -0.39 is 10.0 Å². The summed E-state index contributed by atoms with van der Waals surface area (Å²) in [4.78, 5) is 0.356. The highest BCUT2D eigenvalue weighted by Gasteiger charge is 2.22. The summed E-state index contributed by atoms with van der Waals surface area (Å²) >= 11 is 0. The molecule has 0 amide bonds. The zero-order chi connectivity index (χ0) is 13.2. The number of sulfonamides is 1. The van der Waals surface area contributed by atoms with Gasteiger partial charge in [-0.25, -0.2) is 12.7 Å². The molecule has 2 rings (SSSR count). The van der Waals surface area contributed by atoms with Crippen molar-refractivity contribution >= 4 is 15.7 Å². The second kappa shape index (κ2) is 5.28. The Bertz CT molecular complexity index is 507. The van der Waals surface area contributed by atoms with Crippen molar-refractivity contribution in [3.8, 4) is 0 Å². The fraction of sp³-hybridized carbons (Fsp3) is 0.538. The van der Waals surface area contributed by atoms with Crippen molar-refractivity contribution in [1.82, 2.24) is 4.31 Å². The molecule has 100 valence electrons. The first-order valence-corrected chi connectivity index (χ1v) is 7.71. The van der Waals surface area contributed by atoms with Crippen molar-refractivity contribution in [2.24, 2.45) is 5.92 Å². The Morgan fingerprint density at radius 2 is 1.94 bits per heavy atom. The molecule has 1 fully saturated rings. The summed E-state index contributed by atoms with van der Waals surface area (Å²) in [5, 5.41) is 3.27. The third kappa shape index (κ3) is 2.67. The molecule has 0 saturated heterocycles. The second-order valence-corrected chi connectivity index (χ2v) is 7.08. The van der Waals surface area contributed by atoms with Crippen LogP contribution in [0.1, 0.15) is 19.3 Å². The van der Waals surface area contributed by atoms with Crippen LogP contribution >= 0.6 is 0 Å². The molecular weight excluding hydrogens is 248 g/mol. The van der Waals surface area contributed by atoms with E-state index in [9.17, 15) is 8.42 Å². The van der Waals surface area contributed by atoms with Crippen LogP contribution in [0.15, 0.2) is 29.2 Å². The summed E-state index contributed by atoms with van der Waals surface area (Å²) in [6.45, 7) is 0.861. The fourth-order valence-electron chi connectivity index (χ4n) is 1.99. The van der Waals surface area contributed by atoms with E-state index in [1.807, 2.05) is 12.1 Å². The van der Waals surface area contributed by atoms with Crippen LogP contribution in [0.2, 0.25) is 0 Å². The third-order valence-electron chi connectivity index (χ3n) is 3.45. The van der Waals surface area contributed by atoms with Gasteiger partial charge in [-0.15, -0.1) is 0 Å². The van der Waals surface area contributed by atoms with Gasteiger partial charge in [0, 0.05) is 20.6 Å². The number of nitrogens with one attached hydrogen (secondary N) is 1. The van der Waals surface area contributed by atoms with Crippen LogP contribution in [0, 0.1) is 5.92 Å². The Morgan fingerprint density at radius 1 is 1.28 bits per heavy atom. The topological polar surface area (TPSA) is 49.4 Å². The van der Waals surface area contributed by atoms with Crippen LogP contribution < -0.4 is 5.32 Å². The smallest absolute Gasteiger partial charge is 0.244 e. The first-order valence-electron chi connectivity index (χ1n) is 6.27. The summed E-state index contributed by atoms with van der Waals surface area (Å²) < 4.78 is 25.6. The Morgan fingerprint density at radius 3 is 2.50 bits per heavy atom. The largest absolute Gasteiger partial charge is 0.384 e. The summed E-state index contributed by atoms with van der Waals surface area (Å²) in [6, 6.07) is 7.09. The zero-order valence-electron chi connectivity index (χ0n) is 10.9. The Labute approximate surface area is 109 Å². The molecule has 1 saturated carbocycles. The van der Waals surface area contributed by atoms with Crippen molar-refractivity contribution in [2.75, 3.05) is 26.0 Å². The predicted molar refractivity (Wildman–Crippen MR) is 73.1 cm³/mol. The molecule has 1 aliphatic rings. The molecule has 0 heterocycles.